The Balaban J connectivity index is 1.78. The maximum atomic E-state index is 5.88. The molecular weight excluding hydrogens is 260 g/mol. The van der Waals surface area contributed by atoms with Gasteiger partial charge in [0.1, 0.15) is 10.9 Å². The fourth-order valence-electron chi connectivity index (χ4n) is 2.30. The van der Waals surface area contributed by atoms with E-state index in [1.807, 2.05) is 12.1 Å². The highest BCUT2D eigenvalue weighted by atomic mass is 35.5. The number of hydrogen-bond acceptors (Lipinski definition) is 3. The molecule has 1 atom stereocenters. The van der Waals surface area contributed by atoms with Crippen LogP contribution in [-0.4, -0.2) is 11.6 Å². The molecule has 1 unspecified atom stereocenters. The Morgan fingerprint density at radius 2 is 2.21 bits per heavy atom. The molecule has 1 aliphatic heterocycles. The predicted octanol–water partition coefficient (Wildman–Crippen LogP) is 3.84. The summed E-state index contributed by atoms with van der Waals surface area (Å²) in [7, 11) is 0. The van der Waals surface area contributed by atoms with Crippen LogP contribution in [0.1, 0.15) is 24.1 Å². The van der Waals surface area contributed by atoms with E-state index >= 15 is 0 Å². The molecule has 0 saturated heterocycles. The number of ether oxygens (including phenoxy) is 1. The summed E-state index contributed by atoms with van der Waals surface area (Å²) in [5, 5.41) is 3.92. The summed E-state index contributed by atoms with van der Waals surface area (Å²) in [5.74, 6) is 1.02. The van der Waals surface area contributed by atoms with Gasteiger partial charge < -0.3 is 10.1 Å². The number of fused-ring (bicyclic) bond motifs is 1. The molecule has 2 heterocycles. The maximum Gasteiger partial charge on any atom is 0.131 e. The van der Waals surface area contributed by atoms with Crippen molar-refractivity contribution in [3.8, 4) is 5.75 Å². The summed E-state index contributed by atoms with van der Waals surface area (Å²) in [5.41, 5.74) is 3.51. The molecule has 0 saturated carbocycles. The molecule has 1 aromatic heterocycles. The lowest BCUT2D eigenvalue weighted by Gasteiger charge is -2.16. The fourth-order valence-corrected chi connectivity index (χ4v) is 2.48. The first kappa shape index (κ1) is 12.3. The fraction of sp³-hybridized carbons (Fsp3) is 0.267. The van der Waals surface area contributed by atoms with E-state index in [1.165, 1.54) is 11.1 Å². The van der Waals surface area contributed by atoms with E-state index in [0.29, 0.717) is 5.15 Å². The average molecular weight is 275 g/mol. The molecule has 98 valence electrons. The monoisotopic (exact) mass is 274 g/mol. The van der Waals surface area contributed by atoms with Crippen molar-refractivity contribution in [2.45, 2.75) is 19.4 Å². The third-order valence-electron chi connectivity index (χ3n) is 3.32. The van der Waals surface area contributed by atoms with Gasteiger partial charge >= 0.3 is 0 Å². The molecule has 0 radical (unpaired) electrons. The smallest absolute Gasteiger partial charge is 0.131 e. The Morgan fingerprint density at radius 3 is 3.05 bits per heavy atom. The van der Waals surface area contributed by atoms with Gasteiger partial charge in [0.15, 0.2) is 0 Å². The second-order valence-corrected chi connectivity index (χ2v) is 5.09. The largest absolute Gasteiger partial charge is 0.493 e. The Bertz CT molecular complexity index is 600. The third-order valence-corrected chi connectivity index (χ3v) is 3.53. The normalized spacial score (nSPS) is 14.6. The van der Waals surface area contributed by atoms with Crippen LogP contribution in [0.25, 0.3) is 0 Å². The molecule has 0 spiro atoms. The van der Waals surface area contributed by atoms with Gasteiger partial charge in [0, 0.05) is 24.3 Å². The molecule has 0 fully saturated rings. The van der Waals surface area contributed by atoms with Crippen LogP contribution in [0.3, 0.4) is 0 Å². The van der Waals surface area contributed by atoms with E-state index in [-0.39, 0.29) is 6.04 Å². The molecule has 2 aromatic rings. The Labute approximate surface area is 117 Å². The zero-order chi connectivity index (χ0) is 13.2. The highest BCUT2D eigenvalue weighted by Gasteiger charge is 2.14. The molecule has 0 aliphatic carbocycles. The molecule has 0 bridgehead atoms. The van der Waals surface area contributed by atoms with E-state index < -0.39 is 0 Å². The standard InChI is InChI=1S/C15H15ClN2O/c1-10(18-13-4-6-17-15(16)9-13)11-2-3-14-12(8-11)5-7-19-14/h2-4,6,8-10H,5,7H2,1H3,(H,17,18). The molecule has 1 aromatic carbocycles. The van der Waals surface area contributed by atoms with Gasteiger partial charge in [-0.1, -0.05) is 17.7 Å². The van der Waals surface area contributed by atoms with Crippen molar-refractivity contribution < 1.29 is 4.74 Å². The van der Waals surface area contributed by atoms with E-state index in [1.54, 1.807) is 6.20 Å². The van der Waals surface area contributed by atoms with Crippen molar-refractivity contribution in [2.75, 3.05) is 11.9 Å². The highest BCUT2D eigenvalue weighted by molar-refractivity contribution is 6.29. The Hall–Kier alpha value is -1.74. The van der Waals surface area contributed by atoms with Gasteiger partial charge in [-0.3, -0.25) is 0 Å². The number of nitrogens with zero attached hydrogens (tertiary/aromatic N) is 1. The number of halogens is 1. The van der Waals surface area contributed by atoms with Gasteiger partial charge in [-0.15, -0.1) is 0 Å². The summed E-state index contributed by atoms with van der Waals surface area (Å²) < 4.78 is 5.52. The van der Waals surface area contributed by atoms with Gasteiger partial charge in [0.2, 0.25) is 0 Å². The highest BCUT2D eigenvalue weighted by Crippen LogP contribution is 2.29. The Kier molecular flexibility index (Phi) is 3.30. The summed E-state index contributed by atoms with van der Waals surface area (Å²) >= 11 is 5.88. The number of rotatable bonds is 3. The molecule has 0 amide bonds. The topological polar surface area (TPSA) is 34.2 Å². The van der Waals surface area contributed by atoms with Gasteiger partial charge in [0.05, 0.1) is 6.61 Å². The number of hydrogen-bond donors (Lipinski definition) is 1. The Morgan fingerprint density at radius 1 is 1.32 bits per heavy atom. The lowest BCUT2D eigenvalue weighted by atomic mass is 10.0. The van der Waals surface area contributed by atoms with Crippen LogP contribution in [0.2, 0.25) is 5.15 Å². The SMILES string of the molecule is CC(Nc1ccnc(Cl)c1)c1ccc2c(c1)CCO2. The van der Waals surface area contributed by atoms with Crippen LogP contribution in [-0.2, 0) is 6.42 Å². The van der Waals surface area contributed by atoms with Gasteiger partial charge in [-0.25, -0.2) is 4.98 Å². The predicted molar refractivity (Wildman–Crippen MR) is 76.9 cm³/mol. The molecule has 4 heteroatoms. The zero-order valence-corrected chi connectivity index (χ0v) is 11.4. The second kappa shape index (κ2) is 5.10. The van der Waals surface area contributed by atoms with Gasteiger partial charge in [-0.05, 0) is 42.3 Å². The quantitative estimate of drug-likeness (QED) is 0.864. The van der Waals surface area contributed by atoms with Crippen molar-refractivity contribution in [1.82, 2.24) is 4.98 Å². The van der Waals surface area contributed by atoms with E-state index in [0.717, 1.165) is 24.5 Å². The average Bonchev–Trinajstić information content (AvgIpc) is 2.85. The van der Waals surface area contributed by atoms with Crippen molar-refractivity contribution in [2.24, 2.45) is 0 Å². The number of aromatic nitrogens is 1. The lowest BCUT2D eigenvalue weighted by molar-refractivity contribution is 0.357. The second-order valence-electron chi connectivity index (χ2n) is 4.70. The van der Waals surface area contributed by atoms with Gasteiger partial charge in [0.25, 0.3) is 0 Å². The molecule has 19 heavy (non-hydrogen) atoms. The number of anilines is 1. The number of nitrogens with one attached hydrogen (secondary N) is 1. The van der Waals surface area contributed by atoms with Crippen molar-refractivity contribution in [3.63, 3.8) is 0 Å². The molecular formula is C15H15ClN2O. The van der Waals surface area contributed by atoms with Crippen LogP contribution in [0.15, 0.2) is 36.5 Å². The van der Waals surface area contributed by atoms with Crippen LogP contribution >= 0.6 is 11.6 Å². The summed E-state index contributed by atoms with van der Waals surface area (Å²) in [4.78, 5) is 3.98. The zero-order valence-electron chi connectivity index (χ0n) is 10.7. The first-order valence-electron chi connectivity index (χ1n) is 6.36. The minimum Gasteiger partial charge on any atom is -0.493 e. The van der Waals surface area contributed by atoms with Crippen LogP contribution < -0.4 is 10.1 Å². The first-order valence-corrected chi connectivity index (χ1v) is 6.74. The van der Waals surface area contributed by atoms with E-state index in [4.69, 9.17) is 16.3 Å². The third kappa shape index (κ3) is 2.66. The van der Waals surface area contributed by atoms with E-state index in [2.05, 4.69) is 35.4 Å². The van der Waals surface area contributed by atoms with Crippen LogP contribution in [0, 0.1) is 0 Å². The maximum absolute atomic E-state index is 5.88. The lowest BCUT2D eigenvalue weighted by Crippen LogP contribution is -2.06. The molecule has 3 nitrogen and oxygen atoms in total. The van der Waals surface area contributed by atoms with Crippen LogP contribution in [0.4, 0.5) is 5.69 Å². The summed E-state index contributed by atoms with van der Waals surface area (Å²) in [6.45, 7) is 2.92. The van der Waals surface area contributed by atoms with Gasteiger partial charge in [-0.2, -0.15) is 0 Å². The van der Waals surface area contributed by atoms with Crippen molar-refractivity contribution in [3.05, 3.63) is 52.8 Å². The van der Waals surface area contributed by atoms with Crippen molar-refractivity contribution in [1.29, 1.82) is 0 Å². The number of pyridine rings is 1. The number of benzene rings is 1. The van der Waals surface area contributed by atoms with Crippen molar-refractivity contribution >= 4 is 17.3 Å². The minimum absolute atomic E-state index is 0.212. The molecule has 1 N–H and O–H groups in total. The molecule has 1 aliphatic rings. The summed E-state index contributed by atoms with van der Waals surface area (Å²) in [6, 6.07) is 10.3. The minimum atomic E-state index is 0.212. The van der Waals surface area contributed by atoms with Crippen LogP contribution in [0.5, 0.6) is 5.75 Å². The van der Waals surface area contributed by atoms with E-state index in [9.17, 15) is 0 Å². The first-order chi connectivity index (χ1) is 9.22. The summed E-state index contributed by atoms with van der Waals surface area (Å²) in [6.07, 6.45) is 2.70. The molecule has 3 rings (SSSR count).